The molecule has 2 aromatic rings. The Balaban J connectivity index is 1.66. The van der Waals surface area contributed by atoms with Crippen LogP contribution < -0.4 is 10.7 Å². The molecule has 7 heteroatoms. The topological polar surface area (TPSA) is 70.6 Å². The number of anilines is 1. The van der Waals surface area contributed by atoms with Gasteiger partial charge < -0.3 is 5.32 Å². The summed E-state index contributed by atoms with van der Waals surface area (Å²) >= 11 is 9.13. The van der Waals surface area contributed by atoms with Gasteiger partial charge in [0.25, 0.3) is 0 Å². The van der Waals surface area contributed by atoms with E-state index >= 15 is 0 Å². The largest absolute Gasteiger partial charge is 0.326 e. The first-order valence-electron chi connectivity index (χ1n) is 7.66. The Kier molecular flexibility index (Phi) is 7.63. The van der Waals surface area contributed by atoms with Crippen molar-refractivity contribution in [2.75, 3.05) is 5.32 Å². The smallest absolute Gasteiger partial charge is 0.240 e. The second-order valence-corrected chi connectivity index (χ2v) is 6.61. The van der Waals surface area contributed by atoms with Crippen LogP contribution in [0.1, 0.15) is 24.8 Å². The molecule has 0 atom stereocenters. The molecule has 0 spiro atoms. The molecular formula is C18H17BrClN3O2. The fraction of sp³-hybridized carbons (Fsp3) is 0.167. The van der Waals surface area contributed by atoms with Crippen LogP contribution in [-0.4, -0.2) is 18.0 Å². The molecule has 2 N–H and O–H groups in total. The molecule has 0 saturated heterocycles. The number of halogens is 2. The number of amides is 2. The summed E-state index contributed by atoms with van der Waals surface area (Å²) in [6.45, 7) is 0. The molecule has 0 unspecified atom stereocenters. The Morgan fingerprint density at radius 1 is 1.08 bits per heavy atom. The summed E-state index contributed by atoms with van der Waals surface area (Å²) in [7, 11) is 0. The lowest BCUT2D eigenvalue weighted by molar-refractivity contribution is -0.121. The van der Waals surface area contributed by atoms with Gasteiger partial charge in [-0.1, -0.05) is 45.7 Å². The third-order valence-electron chi connectivity index (χ3n) is 3.19. The number of nitrogens with one attached hydrogen (secondary N) is 2. The number of hydrogen-bond donors (Lipinski definition) is 2. The average molecular weight is 423 g/mol. The van der Waals surface area contributed by atoms with Gasteiger partial charge in [-0.2, -0.15) is 5.10 Å². The zero-order chi connectivity index (χ0) is 18.1. The summed E-state index contributed by atoms with van der Waals surface area (Å²) in [6, 6.07) is 14.4. The number of nitrogens with zero attached hydrogens (tertiary/aromatic N) is 1. The Labute approximate surface area is 159 Å². The van der Waals surface area contributed by atoms with E-state index in [1.54, 1.807) is 30.3 Å². The van der Waals surface area contributed by atoms with Crippen molar-refractivity contribution in [1.82, 2.24) is 5.43 Å². The molecule has 0 bridgehead atoms. The quantitative estimate of drug-likeness (QED) is 0.514. The van der Waals surface area contributed by atoms with Crippen molar-refractivity contribution in [1.29, 1.82) is 0 Å². The van der Waals surface area contributed by atoms with E-state index in [4.69, 9.17) is 11.6 Å². The van der Waals surface area contributed by atoms with Crippen LogP contribution in [0, 0.1) is 0 Å². The van der Waals surface area contributed by atoms with Crippen LogP contribution in [0.5, 0.6) is 0 Å². The highest BCUT2D eigenvalue weighted by atomic mass is 79.9. The van der Waals surface area contributed by atoms with Gasteiger partial charge in [-0.25, -0.2) is 5.43 Å². The molecule has 0 heterocycles. The maximum absolute atomic E-state index is 11.8. The van der Waals surface area contributed by atoms with Gasteiger partial charge in [0.05, 0.1) is 6.21 Å². The van der Waals surface area contributed by atoms with Crippen molar-refractivity contribution in [3.63, 3.8) is 0 Å². The summed E-state index contributed by atoms with van der Waals surface area (Å²) in [4.78, 5) is 23.5. The third kappa shape index (κ3) is 7.49. The lowest BCUT2D eigenvalue weighted by Crippen LogP contribution is -2.18. The van der Waals surface area contributed by atoms with Crippen LogP contribution >= 0.6 is 27.5 Å². The highest BCUT2D eigenvalue weighted by molar-refractivity contribution is 9.10. The highest BCUT2D eigenvalue weighted by Gasteiger charge is 2.05. The number of hydrazone groups is 1. The molecular weight excluding hydrogens is 406 g/mol. The minimum Gasteiger partial charge on any atom is -0.326 e. The van der Waals surface area contributed by atoms with E-state index in [2.05, 4.69) is 31.8 Å². The first-order valence-corrected chi connectivity index (χ1v) is 8.83. The van der Waals surface area contributed by atoms with Crippen molar-refractivity contribution >= 4 is 51.2 Å². The van der Waals surface area contributed by atoms with Gasteiger partial charge in [0.1, 0.15) is 0 Å². The van der Waals surface area contributed by atoms with Crippen LogP contribution in [0.3, 0.4) is 0 Å². The van der Waals surface area contributed by atoms with Crippen LogP contribution in [0.4, 0.5) is 5.69 Å². The van der Waals surface area contributed by atoms with E-state index in [9.17, 15) is 9.59 Å². The van der Waals surface area contributed by atoms with Crippen LogP contribution in [0.2, 0.25) is 5.02 Å². The van der Waals surface area contributed by atoms with Crippen molar-refractivity contribution < 1.29 is 9.59 Å². The number of rotatable bonds is 7. The Bertz CT molecular complexity index is 763. The average Bonchev–Trinajstić information content (AvgIpc) is 2.56. The first-order chi connectivity index (χ1) is 12.0. The normalized spacial score (nSPS) is 10.6. The van der Waals surface area contributed by atoms with Gasteiger partial charge in [-0.3, -0.25) is 9.59 Å². The van der Waals surface area contributed by atoms with Crippen molar-refractivity contribution in [3.05, 3.63) is 63.6 Å². The van der Waals surface area contributed by atoms with E-state index in [1.807, 2.05) is 18.2 Å². The number of benzene rings is 2. The summed E-state index contributed by atoms with van der Waals surface area (Å²) in [5.41, 5.74) is 3.99. The zero-order valence-corrected chi connectivity index (χ0v) is 15.7. The molecule has 0 aliphatic rings. The standard InChI is InChI=1S/C18H17BrClN3O2/c19-14-3-1-4-16(11-14)22-17(24)5-2-6-18(25)23-21-12-13-7-9-15(20)10-8-13/h1,3-4,7-12H,2,5-6H2,(H,22,24)(H,23,25)/b21-12-. The van der Waals surface area contributed by atoms with Gasteiger partial charge in [0.15, 0.2) is 0 Å². The molecule has 0 radical (unpaired) electrons. The van der Waals surface area contributed by atoms with Gasteiger partial charge in [-0.15, -0.1) is 0 Å². The van der Waals surface area contributed by atoms with Crippen LogP contribution in [0.25, 0.3) is 0 Å². The SMILES string of the molecule is O=C(CCCC(=O)Nc1cccc(Br)c1)N/N=C\c1ccc(Cl)cc1. The molecule has 0 aliphatic heterocycles. The summed E-state index contributed by atoms with van der Waals surface area (Å²) in [6.07, 6.45) is 2.47. The molecule has 130 valence electrons. The molecule has 0 saturated carbocycles. The van der Waals surface area contributed by atoms with Gasteiger partial charge >= 0.3 is 0 Å². The first kappa shape index (κ1) is 19.1. The van der Waals surface area contributed by atoms with E-state index in [0.29, 0.717) is 11.4 Å². The van der Waals surface area contributed by atoms with Gasteiger partial charge in [-0.05, 0) is 42.3 Å². The molecule has 2 amide bonds. The summed E-state index contributed by atoms with van der Waals surface area (Å²) in [5.74, 6) is -0.365. The molecule has 5 nitrogen and oxygen atoms in total. The van der Waals surface area contributed by atoms with Crippen LogP contribution in [0.15, 0.2) is 58.1 Å². The van der Waals surface area contributed by atoms with Crippen LogP contribution in [-0.2, 0) is 9.59 Å². The lowest BCUT2D eigenvalue weighted by atomic mass is 10.2. The second-order valence-electron chi connectivity index (χ2n) is 5.26. The maximum atomic E-state index is 11.8. The number of carbonyl (C=O) groups excluding carboxylic acids is 2. The summed E-state index contributed by atoms with van der Waals surface area (Å²) in [5, 5.41) is 7.30. The van der Waals surface area contributed by atoms with E-state index < -0.39 is 0 Å². The van der Waals surface area contributed by atoms with Crippen molar-refractivity contribution in [3.8, 4) is 0 Å². The van der Waals surface area contributed by atoms with Crippen molar-refractivity contribution in [2.24, 2.45) is 5.10 Å². The molecule has 25 heavy (non-hydrogen) atoms. The number of hydrogen-bond acceptors (Lipinski definition) is 3. The molecule has 0 aromatic heterocycles. The summed E-state index contributed by atoms with van der Waals surface area (Å²) < 4.78 is 0.892. The number of carbonyl (C=O) groups is 2. The lowest BCUT2D eigenvalue weighted by Gasteiger charge is -2.05. The fourth-order valence-corrected chi connectivity index (χ4v) is 2.51. The highest BCUT2D eigenvalue weighted by Crippen LogP contribution is 2.16. The second kappa shape index (κ2) is 9.96. The Morgan fingerprint density at radius 3 is 2.52 bits per heavy atom. The zero-order valence-electron chi connectivity index (χ0n) is 13.3. The molecule has 2 rings (SSSR count). The predicted octanol–water partition coefficient (Wildman–Crippen LogP) is 4.36. The molecule has 2 aromatic carbocycles. The maximum Gasteiger partial charge on any atom is 0.240 e. The van der Waals surface area contributed by atoms with Gasteiger partial charge in [0.2, 0.25) is 11.8 Å². The van der Waals surface area contributed by atoms with E-state index in [0.717, 1.165) is 15.7 Å². The Morgan fingerprint density at radius 2 is 1.80 bits per heavy atom. The monoisotopic (exact) mass is 421 g/mol. The Hall–Kier alpha value is -2.18. The fourth-order valence-electron chi connectivity index (χ4n) is 1.98. The van der Waals surface area contributed by atoms with E-state index in [1.165, 1.54) is 6.21 Å². The van der Waals surface area contributed by atoms with Gasteiger partial charge in [0, 0.05) is 28.0 Å². The molecule has 0 aliphatic carbocycles. The van der Waals surface area contributed by atoms with E-state index in [-0.39, 0.29) is 24.7 Å². The minimum absolute atomic E-state index is 0.129. The molecule has 0 fully saturated rings. The predicted molar refractivity (Wildman–Crippen MR) is 104 cm³/mol. The minimum atomic E-state index is -0.236. The van der Waals surface area contributed by atoms with Crippen molar-refractivity contribution in [2.45, 2.75) is 19.3 Å². The third-order valence-corrected chi connectivity index (χ3v) is 3.93.